The number of fused-ring (bicyclic) bond motifs is 3. The van der Waals surface area contributed by atoms with Crippen LogP contribution in [0.3, 0.4) is 0 Å². The average Bonchev–Trinajstić information content (AvgIpc) is 3.03. The van der Waals surface area contributed by atoms with E-state index in [2.05, 4.69) is 10.3 Å². The van der Waals surface area contributed by atoms with Crippen LogP contribution in [0.5, 0.6) is 0 Å². The van der Waals surface area contributed by atoms with Crippen LogP contribution in [-0.4, -0.2) is 22.2 Å². The molecule has 1 aromatic carbocycles. The Balaban J connectivity index is 1.86. The maximum atomic E-state index is 13.6. The molecule has 1 unspecified atom stereocenters. The number of carboxylic acid groups (broad SMARTS) is 1. The van der Waals surface area contributed by atoms with Crippen LogP contribution in [0.4, 0.5) is 14.6 Å². The summed E-state index contributed by atoms with van der Waals surface area (Å²) in [4.78, 5) is 15.7. The molecule has 0 spiro atoms. The van der Waals surface area contributed by atoms with E-state index in [1.807, 2.05) is 11.4 Å². The fourth-order valence-electron chi connectivity index (χ4n) is 2.88. The second kappa shape index (κ2) is 5.93. The van der Waals surface area contributed by atoms with Gasteiger partial charge in [0.2, 0.25) is 0 Å². The van der Waals surface area contributed by atoms with Crippen LogP contribution in [0.25, 0.3) is 21.0 Å². The molecule has 2 aromatic heterocycles. The fourth-order valence-corrected chi connectivity index (χ4v) is 3.82. The van der Waals surface area contributed by atoms with Crippen molar-refractivity contribution >= 4 is 44.1 Å². The minimum atomic E-state index is -1.38. The third-order valence-corrected chi connectivity index (χ3v) is 4.94. The molecule has 4 nitrogen and oxygen atoms in total. The van der Waals surface area contributed by atoms with Gasteiger partial charge in [-0.2, -0.15) is 0 Å². The first-order valence-electron chi connectivity index (χ1n) is 7.54. The molecule has 2 heterocycles. The van der Waals surface area contributed by atoms with Gasteiger partial charge in [0.1, 0.15) is 17.8 Å². The largest absolute Gasteiger partial charge is 0.478 e. The molecule has 7 heteroatoms. The number of aromatic carboxylic acids is 1. The molecule has 0 bridgehead atoms. The highest BCUT2D eigenvalue weighted by molar-refractivity contribution is 7.18. The summed E-state index contributed by atoms with van der Waals surface area (Å²) in [5.41, 5.74) is 1.04. The van der Waals surface area contributed by atoms with Crippen LogP contribution in [0.15, 0.2) is 53.3 Å². The van der Waals surface area contributed by atoms with E-state index in [4.69, 9.17) is 5.11 Å². The van der Waals surface area contributed by atoms with Crippen molar-refractivity contribution < 1.29 is 18.7 Å². The molecule has 1 aliphatic rings. The Bertz CT molecular complexity index is 1070. The Kier molecular flexibility index (Phi) is 3.73. The molecule has 0 fully saturated rings. The third kappa shape index (κ3) is 2.87. The molecule has 0 saturated heterocycles. The van der Waals surface area contributed by atoms with Crippen LogP contribution in [0.1, 0.15) is 16.8 Å². The predicted molar refractivity (Wildman–Crippen MR) is 94.5 cm³/mol. The quantitative estimate of drug-likeness (QED) is 0.689. The maximum Gasteiger partial charge on any atom is 0.335 e. The minimum Gasteiger partial charge on any atom is -0.478 e. The predicted octanol–water partition coefficient (Wildman–Crippen LogP) is 5.04. The maximum absolute atomic E-state index is 13.6. The van der Waals surface area contributed by atoms with Gasteiger partial charge in [-0.3, -0.25) is 0 Å². The molecule has 0 saturated carbocycles. The van der Waals surface area contributed by atoms with E-state index in [1.54, 1.807) is 6.07 Å². The van der Waals surface area contributed by atoms with E-state index < -0.39 is 18.0 Å². The lowest BCUT2D eigenvalue weighted by Crippen LogP contribution is -2.11. The van der Waals surface area contributed by atoms with Crippen LogP contribution in [0.2, 0.25) is 0 Å². The molecule has 0 aliphatic heterocycles. The smallest absolute Gasteiger partial charge is 0.335 e. The monoisotopic (exact) mass is 358 g/mol. The Morgan fingerprint density at radius 3 is 2.92 bits per heavy atom. The van der Waals surface area contributed by atoms with Crippen molar-refractivity contribution in [2.45, 2.75) is 12.6 Å². The zero-order valence-corrected chi connectivity index (χ0v) is 13.6. The number of nitrogens with one attached hydrogen (secondary N) is 1. The van der Waals surface area contributed by atoms with Gasteiger partial charge < -0.3 is 10.4 Å². The van der Waals surface area contributed by atoms with Crippen LogP contribution < -0.4 is 5.32 Å². The fraction of sp³-hybridized carbons (Fsp3) is 0.111. The first-order chi connectivity index (χ1) is 12.0. The second-order valence-corrected chi connectivity index (χ2v) is 6.64. The Morgan fingerprint density at radius 1 is 1.32 bits per heavy atom. The lowest BCUT2D eigenvalue weighted by Gasteiger charge is -2.16. The average molecular weight is 358 g/mol. The number of thiophene rings is 1. The second-order valence-electron chi connectivity index (χ2n) is 5.73. The van der Waals surface area contributed by atoms with Crippen molar-refractivity contribution in [2.24, 2.45) is 0 Å². The zero-order chi connectivity index (χ0) is 17.6. The van der Waals surface area contributed by atoms with Gasteiger partial charge in [-0.05, 0) is 35.7 Å². The van der Waals surface area contributed by atoms with Crippen molar-refractivity contribution in [3.63, 3.8) is 0 Å². The van der Waals surface area contributed by atoms with Crippen molar-refractivity contribution in [1.29, 1.82) is 0 Å². The highest BCUT2D eigenvalue weighted by Crippen LogP contribution is 2.35. The van der Waals surface area contributed by atoms with Gasteiger partial charge in [0, 0.05) is 27.6 Å². The number of alkyl halides is 1. The Morgan fingerprint density at radius 2 is 2.16 bits per heavy atom. The summed E-state index contributed by atoms with van der Waals surface area (Å²) in [6.07, 6.45) is 0.824. The van der Waals surface area contributed by atoms with Crippen molar-refractivity contribution in [2.75, 3.05) is 5.32 Å². The normalized spacial score (nSPS) is 17.4. The summed E-state index contributed by atoms with van der Waals surface area (Å²) < 4.78 is 27.9. The number of anilines is 1. The number of carbonyl (C=O) groups is 1. The lowest BCUT2D eigenvalue weighted by molar-refractivity contribution is 0.0697. The van der Waals surface area contributed by atoms with Gasteiger partial charge >= 0.3 is 5.97 Å². The molecular formula is C18H12F2N2O2S. The molecule has 126 valence electrons. The Labute approximate surface area is 145 Å². The molecule has 0 radical (unpaired) electrons. The summed E-state index contributed by atoms with van der Waals surface area (Å²) in [6.45, 7) is 0. The topological polar surface area (TPSA) is 62.2 Å². The number of carboxylic acids is 1. The van der Waals surface area contributed by atoms with Crippen LogP contribution in [-0.2, 0) is 0 Å². The molecule has 25 heavy (non-hydrogen) atoms. The molecule has 1 aliphatic carbocycles. The summed E-state index contributed by atoms with van der Waals surface area (Å²) in [5.74, 6) is -1.21. The molecule has 4 rings (SSSR count). The number of aromatic nitrogens is 1. The summed E-state index contributed by atoms with van der Waals surface area (Å²) in [6, 6.07) is 6.64. The molecule has 0 amide bonds. The van der Waals surface area contributed by atoms with Gasteiger partial charge in [-0.25, -0.2) is 18.6 Å². The van der Waals surface area contributed by atoms with Gasteiger partial charge in [0.25, 0.3) is 0 Å². The molecular weight excluding hydrogens is 346 g/mol. The van der Waals surface area contributed by atoms with E-state index in [0.29, 0.717) is 17.0 Å². The first-order valence-corrected chi connectivity index (χ1v) is 8.42. The van der Waals surface area contributed by atoms with Crippen molar-refractivity contribution in [3.8, 4) is 0 Å². The number of allylic oxidation sites excluding steroid dienone is 4. The van der Waals surface area contributed by atoms with E-state index in [0.717, 1.165) is 21.5 Å². The number of benzene rings is 1. The van der Waals surface area contributed by atoms with Crippen LogP contribution in [0, 0.1) is 0 Å². The third-order valence-electron chi connectivity index (χ3n) is 3.99. The minimum absolute atomic E-state index is 0.0356. The molecule has 3 aromatic rings. The van der Waals surface area contributed by atoms with Crippen LogP contribution >= 0.6 is 11.3 Å². The Hall–Kier alpha value is -2.80. The number of pyridine rings is 1. The van der Waals surface area contributed by atoms with Gasteiger partial charge in [0.15, 0.2) is 0 Å². The van der Waals surface area contributed by atoms with Crippen molar-refractivity contribution in [3.05, 3.63) is 58.9 Å². The summed E-state index contributed by atoms with van der Waals surface area (Å²) in [5, 5.41) is 15.7. The van der Waals surface area contributed by atoms with E-state index in [-0.39, 0.29) is 12.0 Å². The standard InChI is InChI=1S/C18H12F2N2O2S/c19-10-6-11(20)8-12(7-10)21-17-14-3-4-25-16(14)13-2-1-9(18(23)24)5-15(13)22-17/h1-7,11H,8H2,(H,21,22)(H,23,24). The van der Waals surface area contributed by atoms with E-state index in [1.165, 1.54) is 29.5 Å². The number of hydrogen-bond donors (Lipinski definition) is 2. The lowest BCUT2D eigenvalue weighted by atomic mass is 10.1. The number of hydrogen-bond acceptors (Lipinski definition) is 4. The summed E-state index contributed by atoms with van der Waals surface area (Å²) >= 11 is 1.50. The summed E-state index contributed by atoms with van der Waals surface area (Å²) in [7, 11) is 0. The van der Waals surface area contributed by atoms with Crippen molar-refractivity contribution in [1.82, 2.24) is 4.98 Å². The van der Waals surface area contributed by atoms with E-state index >= 15 is 0 Å². The zero-order valence-electron chi connectivity index (χ0n) is 12.8. The highest BCUT2D eigenvalue weighted by atomic mass is 32.1. The highest BCUT2D eigenvalue weighted by Gasteiger charge is 2.17. The number of rotatable bonds is 3. The first kappa shape index (κ1) is 15.7. The SMILES string of the molecule is O=C(O)c1ccc2c(c1)nc(NC1=CC(F)=CC(F)C1)c1ccsc12. The van der Waals surface area contributed by atoms with Gasteiger partial charge in [0.05, 0.1) is 11.1 Å². The van der Waals surface area contributed by atoms with E-state index in [9.17, 15) is 13.6 Å². The van der Waals surface area contributed by atoms with Gasteiger partial charge in [-0.1, -0.05) is 6.07 Å². The van der Waals surface area contributed by atoms with Gasteiger partial charge in [-0.15, -0.1) is 11.3 Å². The molecule has 1 atom stereocenters. The molecule has 2 N–H and O–H groups in total. The number of nitrogens with zero attached hydrogens (tertiary/aromatic N) is 1. The number of halogens is 2.